The molecule has 1 N–H and O–H groups in total. The van der Waals surface area contributed by atoms with Gasteiger partial charge in [-0.25, -0.2) is 0 Å². The Kier molecular flexibility index (Phi) is 9.38. The molecule has 1 saturated carbocycles. The lowest BCUT2D eigenvalue weighted by Gasteiger charge is -2.37. The number of carboxylic acid groups (broad SMARTS) is 1. The Morgan fingerprint density at radius 1 is 0.926 bits per heavy atom. The van der Waals surface area contributed by atoms with Gasteiger partial charge in [-0.15, -0.1) is 0 Å². The molecule has 1 aliphatic rings. The molecule has 0 bridgehead atoms. The van der Waals surface area contributed by atoms with Crippen molar-refractivity contribution in [1.29, 1.82) is 0 Å². The number of carboxylic acids is 1. The van der Waals surface area contributed by atoms with Crippen molar-refractivity contribution in [3.05, 3.63) is 35.4 Å². The lowest BCUT2D eigenvalue weighted by molar-refractivity contribution is -0.145. The summed E-state index contributed by atoms with van der Waals surface area (Å²) in [6, 6.07) is 8.56. The standard InChI is InChI=1S/C25H40O2/c1-3-5-7-8-10-12-21-13-15-23(16-14-21)25(24(26)27)19-17-22(18-20-25)11-9-6-4-2/h13-16,22H,3-12,17-20H2,1-2H3,(H,26,27). The van der Waals surface area contributed by atoms with E-state index in [9.17, 15) is 9.90 Å². The molecule has 0 aliphatic heterocycles. The summed E-state index contributed by atoms with van der Waals surface area (Å²) >= 11 is 0. The molecule has 0 amide bonds. The van der Waals surface area contributed by atoms with Crippen molar-refractivity contribution < 1.29 is 9.90 Å². The first-order valence-electron chi connectivity index (χ1n) is 11.4. The molecule has 27 heavy (non-hydrogen) atoms. The van der Waals surface area contributed by atoms with E-state index in [1.807, 2.05) is 0 Å². The van der Waals surface area contributed by atoms with Crippen LogP contribution in [-0.2, 0) is 16.6 Å². The normalized spacial score (nSPS) is 22.7. The van der Waals surface area contributed by atoms with E-state index < -0.39 is 11.4 Å². The third-order valence-corrected chi connectivity index (χ3v) is 6.66. The minimum absolute atomic E-state index is 0.623. The first-order valence-corrected chi connectivity index (χ1v) is 11.4. The SMILES string of the molecule is CCCCCCCc1ccc(C2(C(=O)O)CCC(CCCCC)CC2)cc1. The van der Waals surface area contributed by atoms with Gasteiger partial charge in [-0.1, -0.05) is 89.5 Å². The van der Waals surface area contributed by atoms with Gasteiger partial charge in [-0.3, -0.25) is 4.79 Å². The van der Waals surface area contributed by atoms with Crippen molar-refractivity contribution in [3.63, 3.8) is 0 Å². The fourth-order valence-corrected chi connectivity index (χ4v) is 4.69. The van der Waals surface area contributed by atoms with Crippen LogP contribution in [0.1, 0.15) is 108 Å². The van der Waals surface area contributed by atoms with Gasteiger partial charge in [0.15, 0.2) is 0 Å². The van der Waals surface area contributed by atoms with Crippen LogP contribution in [0.5, 0.6) is 0 Å². The van der Waals surface area contributed by atoms with E-state index in [0.29, 0.717) is 0 Å². The van der Waals surface area contributed by atoms with Crippen molar-refractivity contribution in [1.82, 2.24) is 0 Å². The summed E-state index contributed by atoms with van der Waals surface area (Å²) in [7, 11) is 0. The van der Waals surface area contributed by atoms with Gasteiger partial charge in [-0.2, -0.15) is 0 Å². The van der Waals surface area contributed by atoms with Crippen molar-refractivity contribution >= 4 is 5.97 Å². The van der Waals surface area contributed by atoms with Crippen molar-refractivity contribution in [3.8, 4) is 0 Å². The van der Waals surface area contributed by atoms with Crippen LogP contribution in [0.3, 0.4) is 0 Å². The van der Waals surface area contributed by atoms with Crippen LogP contribution in [-0.4, -0.2) is 11.1 Å². The van der Waals surface area contributed by atoms with Crippen LogP contribution in [0.25, 0.3) is 0 Å². The van der Waals surface area contributed by atoms with Gasteiger partial charge in [0.1, 0.15) is 0 Å². The summed E-state index contributed by atoms with van der Waals surface area (Å²) in [6.45, 7) is 4.49. The van der Waals surface area contributed by atoms with Crippen LogP contribution in [0, 0.1) is 5.92 Å². The summed E-state index contributed by atoms with van der Waals surface area (Å²) in [4.78, 5) is 12.2. The molecule has 152 valence electrons. The molecule has 2 nitrogen and oxygen atoms in total. The van der Waals surface area contributed by atoms with E-state index in [-0.39, 0.29) is 0 Å². The zero-order valence-electron chi connectivity index (χ0n) is 17.6. The zero-order chi connectivity index (χ0) is 19.5. The van der Waals surface area contributed by atoms with Crippen molar-refractivity contribution in [2.75, 3.05) is 0 Å². The fourth-order valence-electron chi connectivity index (χ4n) is 4.69. The van der Waals surface area contributed by atoms with Gasteiger partial charge in [0.2, 0.25) is 0 Å². The largest absolute Gasteiger partial charge is 0.481 e. The van der Waals surface area contributed by atoms with Crippen molar-refractivity contribution in [2.24, 2.45) is 5.92 Å². The molecular weight excluding hydrogens is 332 g/mol. The molecule has 0 aromatic heterocycles. The number of aryl methyl sites for hydroxylation is 1. The highest BCUT2D eigenvalue weighted by atomic mass is 16.4. The average Bonchev–Trinajstić information content (AvgIpc) is 2.69. The van der Waals surface area contributed by atoms with Gasteiger partial charge in [0.25, 0.3) is 0 Å². The average molecular weight is 373 g/mol. The summed E-state index contributed by atoms with van der Waals surface area (Å²) in [5, 5.41) is 10.0. The van der Waals surface area contributed by atoms with E-state index >= 15 is 0 Å². The van der Waals surface area contributed by atoms with Crippen LogP contribution in [0.2, 0.25) is 0 Å². The van der Waals surface area contributed by atoms with Crippen molar-refractivity contribution in [2.45, 2.75) is 109 Å². The summed E-state index contributed by atoms with van der Waals surface area (Å²) in [5.41, 5.74) is 1.72. The van der Waals surface area contributed by atoms with Gasteiger partial charge in [-0.05, 0) is 55.6 Å². The van der Waals surface area contributed by atoms with E-state index in [2.05, 4.69) is 38.1 Å². The number of aliphatic carboxylic acids is 1. The minimum atomic E-state index is -0.652. The van der Waals surface area contributed by atoms with E-state index in [1.54, 1.807) is 0 Å². The molecule has 0 radical (unpaired) electrons. The summed E-state index contributed by atoms with van der Waals surface area (Å²) < 4.78 is 0. The Balaban J connectivity index is 1.92. The maximum absolute atomic E-state index is 12.2. The van der Waals surface area contributed by atoms with Gasteiger partial charge in [0.05, 0.1) is 5.41 Å². The lowest BCUT2D eigenvalue weighted by Crippen LogP contribution is -2.39. The molecule has 0 heterocycles. The Morgan fingerprint density at radius 2 is 1.52 bits per heavy atom. The molecule has 0 atom stereocenters. The number of carbonyl (C=O) groups is 1. The molecule has 2 rings (SSSR count). The highest BCUT2D eigenvalue weighted by Crippen LogP contribution is 2.43. The van der Waals surface area contributed by atoms with Crippen LogP contribution in [0.4, 0.5) is 0 Å². The Hall–Kier alpha value is -1.31. The molecular formula is C25H40O2. The zero-order valence-corrected chi connectivity index (χ0v) is 17.6. The number of rotatable bonds is 12. The van der Waals surface area contributed by atoms with E-state index in [4.69, 9.17) is 0 Å². The molecule has 2 heteroatoms. The van der Waals surface area contributed by atoms with Crippen LogP contribution >= 0.6 is 0 Å². The predicted molar refractivity (Wildman–Crippen MR) is 114 cm³/mol. The van der Waals surface area contributed by atoms with Gasteiger partial charge >= 0.3 is 5.97 Å². The van der Waals surface area contributed by atoms with Gasteiger partial charge in [0, 0.05) is 0 Å². The van der Waals surface area contributed by atoms with Gasteiger partial charge < -0.3 is 5.11 Å². The topological polar surface area (TPSA) is 37.3 Å². The van der Waals surface area contributed by atoms with Crippen LogP contribution in [0.15, 0.2) is 24.3 Å². The molecule has 1 aliphatic carbocycles. The van der Waals surface area contributed by atoms with E-state index in [0.717, 1.165) is 43.6 Å². The quantitative estimate of drug-likeness (QED) is 0.391. The molecule has 1 fully saturated rings. The Morgan fingerprint density at radius 3 is 2.11 bits per heavy atom. The summed E-state index contributed by atoms with van der Waals surface area (Å²) in [5.74, 6) is 0.105. The predicted octanol–water partition coefficient (Wildman–Crippen LogP) is 7.29. The number of benzene rings is 1. The number of hydrogen-bond acceptors (Lipinski definition) is 1. The molecule has 0 unspecified atom stereocenters. The second kappa shape index (κ2) is 11.5. The third-order valence-electron chi connectivity index (χ3n) is 6.66. The highest BCUT2D eigenvalue weighted by molar-refractivity contribution is 5.81. The second-order valence-corrected chi connectivity index (χ2v) is 8.69. The molecule has 1 aromatic rings. The smallest absolute Gasteiger partial charge is 0.314 e. The second-order valence-electron chi connectivity index (χ2n) is 8.69. The number of unbranched alkanes of at least 4 members (excludes halogenated alkanes) is 6. The molecule has 0 spiro atoms. The minimum Gasteiger partial charge on any atom is -0.481 e. The first kappa shape index (κ1) is 22.0. The summed E-state index contributed by atoms with van der Waals surface area (Å²) in [6.07, 6.45) is 16.5. The lowest BCUT2D eigenvalue weighted by atomic mass is 9.66. The monoisotopic (exact) mass is 372 g/mol. The molecule has 0 saturated heterocycles. The maximum Gasteiger partial charge on any atom is 0.314 e. The van der Waals surface area contributed by atoms with Crippen LogP contribution < -0.4 is 0 Å². The fraction of sp³-hybridized carbons (Fsp3) is 0.720. The Bertz CT molecular complexity index is 538. The maximum atomic E-state index is 12.2. The molecule has 1 aromatic carbocycles. The number of hydrogen-bond donors (Lipinski definition) is 1. The first-order chi connectivity index (χ1) is 13.1. The van der Waals surface area contributed by atoms with E-state index in [1.165, 1.54) is 63.4 Å². The highest BCUT2D eigenvalue weighted by Gasteiger charge is 2.43. The Labute approximate surface area is 166 Å². The third kappa shape index (κ3) is 6.36.